The minimum Gasteiger partial charge on any atom is -0.223 e. The molecule has 5 heteroatoms. The normalized spacial score (nSPS) is 16.3. The predicted octanol–water partition coefficient (Wildman–Crippen LogP) is 3.16. The molecule has 0 unspecified atom stereocenters. The number of alkyl halides is 3. The standard InChI is InChI=1S/C16H11F3N2/c1-2-11-3-5-12(6-4-11)13-7-9-14(10-8-13)15(20-21-15)16(17,18)19/h1,3-10,20-21H. The third-order valence-electron chi connectivity index (χ3n) is 3.50. The molecular weight excluding hydrogens is 277 g/mol. The van der Waals surface area contributed by atoms with Crippen molar-refractivity contribution in [3.63, 3.8) is 0 Å². The van der Waals surface area contributed by atoms with E-state index in [4.69, 9.17) is 6.42 Å². The molecular formula is C16H11F3N2. The largest absolute Gasteiger partial charge is 0.426 e. The van der Waals surface area contributed by atoms with Gasteiger partial charge in [-0.3, -0.25) is 0 Å². The summed E-state index contributed by atoms with van der Waals surface area (Å²) >= 11 is 0. The molecule has 0 atom stereocenters. The van der Waals surface area contributed by atoms with Crippen LogP contribution in [-0.4, -0.2) is 6.18 Å². The molecule has 0 aliphatic carbocycles. The number of hydrogen-bond donors (Lipinski definition) is 2. The molecule has 0 spiro atoms. The van der Waals surface area contributed by atoms with Gasteiger partial charge in [-0.05, 0) is 28.8 Å². The molecule has 0 amide bonds. The summed E-state index contributed by atoms with van der Waals surface area (Å²) in [5.74, 6) is 2.52. The van der Waals surface area contributed by atoms with Crippen LogP contribution in [0, 0.1) is 12.3 Å². The molecule has 1 saturated heterocycles. The van der Waals surface area contributed by atoms with Crippen molar-refractivity contribution in [2.75, 3.05) is 0 Å². The zero-order valence-electron chi connectivity index (χ0n) is 10.8. The van der Waals surface area contributed by atoms with Crippen molar-refractivity contribution < 1.29 is 13.2 Å². The quantitative estimate of drug-likeness (QED) is 0.658. The minimum atomic E-state index is -4.39. The number of nitrogens with one attached hydrogen (secondary N) is 2. The Hall–Kier alpha value is -2.29. The lowest BCUT2D eigenvalue weighted by molar-refractivity contribution is -0.165. The van der Waals surface area contributed by atoms with Gasteiger partial charge in [-0.1, -0.05) is 42.3 Å². The van der Waals surface area contributed by atoms with Crippen LogP contribution in [0.25, 0.3) is 11.1 Å². The maximum Gasteiger partial charge on any atom is 0.426 e. The molecule has 21 heavy (non-hydrogen) atoms. The Kier molecular flexibility index (Phi) is 3.01. The second-order valence-electron chi connectivity index (χ2n) is 4.80. The molecule has 0 bridgehead atoms. The Balaban J connectivity index is 1.89. The Morgan fingerprint density at radius 2 is 1.33 bits per heavy atom. The molecule has 2 aromatic rings. The van der Waals surface area contributed by atoms with Crippen LogP contribution in [0.2, 0.25) is 0 Å². The lowest BCUT2D eigenvalue weighted by Crippen LogP contribution is -2.34. The van der Waals surface area contributed by atoms with E-state index >= 15 is 0 Å². The Bertz CT molecular complexity index is 690. The lowest BCUT2D eigenvalue weighted by Gasteiger charge is -2.16. The smallest absolute Gasteiger partial charge is 0.223 e. The summed E-state index contributed by atoms with van der Waals surface area (Å²) in [5, 5.41) is 0. The lowest BCUT2D eigenvalue weighted by atomic mass is 9.98. The second kappa shape index (κ2) is 4.62. The summed E-state index contributed by atoms with van der Waals surface area (Å²) in [6.45, 7) is 0. The first kappa shape index (κ1) is 13.7. The van der Waals surface area contributed by atoms with Gasteiger partial charge in [0.25, 0.3) is 0 Å². The van der Waals surface area contributed by atoms with E-state index in [1.165, 1.54) is 12.1 Å². The summed E-state index contributed by atoms with van der Waals surface area (Å²) < 4.78 is 38.8. The molecule has 106 valence electrons. The number of terminal acetylenes is 1. The first-order valence-corrected chi connectivity index (χ1v) is 6.25. The fourth-order valence-corrected chi connectivity index (χ4v) is 2.18. The van der Waals surface area contributed by atoms with Crippen molar-refractivity contribution in [3.05, 3.63) is 59.7 Å². The monoisotopic (exact) mass is 288 g/mol. The van der Waals surface area contributed by atoms with E-state index in [2.05, 4.69) is 16.8 Å². The van der Waals surface area contributed by atoms with Crippen LogP contribution in [0.15, 0.2) is 48.5 Å². The number of hydrazine groups is 1. The highest BCUT2D eigenvalue weighted by Crippen LogP contribution is 2.42. The van der Waals surface area contributed by atoms with Gasteiger partial charge in [0.2, 0.25) is 5.66 Å². The minimum absolute atomic E-state index is 0.138. The van der Waals surface area contributed by atoms with Crippen LogP contribution >= 0.6 is 0 Å². The van der Waals surface area contributed by atoms with Gasteiger partial charge in [0.05, 0.1) is 0 Å². The van der Waals surface area contributed by atoms with Gasteiger partial charge in [-0.25, -0.2) is 10.9 Å². The van der Waals surface area contributed by atoms with Gasteiger partial charge in [0, 0.05) is 5.56 Å². The Morgan fingerprint density at radius 3 is 1.71 bits per heavy atom. The van der Waals surface area contributed by atoms with Crippen molar-refractivity contribution >= 4 is 0 Å². The third kappa shape index (κ3) is 2.29. The number of benzene rings is 2. The summed E-state index contributed by atoms with van der Waals surface area (Å²) in [6.07, 6.45) is 0.898. The van der Waals surface area contributed by atoms with Crippen LogP contribution in [-0.2, 0) is 5.66 Å². The van der Waals surface area contributed by atoms with Crippen molar-refractivity contribution in [1.82, 2.24) is 10.9 Å². The van der Waals surface area contributed by atoms with Crippen LogP contribution < -0.4 is 10.9 Å². The van der Waals surface area contributed by atoms with E-state index < -0.39 is 11.8 Å². The molecule has 1 fully saturated rings. The maximum atomic E-state index is 12.9. The molecule has 2 aromatic carbocycles. The second-order valence-corrected chi connectivity index (χ2v) is 4.80. The van der Waals surface area contributed by atoms with Crippen molar-refractivity contribution in [2.24, 2.45) is 0 Å². The molecule has 0 aromatic heterocycles. The van der Waals surface area contributed by atoms with Gasteiger partial charge in [0.15, 0.2) is 0 Å². The summed E-state index contributed by atoms with van der Waals surface area (Å²) in [4.78, 5) is 0. The molecule has 1 aliphatic heterocycles. The van der Waals surface area contributed by atoms with E-state index in [0.29, 0.717) is 0 Å². The average molecular weight is 288 g/mol. The van der Waals surface area contributed by atoms with Gasteiger partial charge < -0.3 is 0 Å². The summed E-state index contributed by atoms with van der Waals surface area (Å²) in [5.41, 5.74) is 4.88. The third-order valence-corrected chi connectivity index (χ3v) is 3.50. The van der Waals surface area contributed by atoms with E-state index in [0.717, 1.165) is 16.7 Å². The average Bonchev–Trinajstić information content (AvgIpc) is 3.29. The maximum absolute atomic E-state index is 12.9. The molecule has 3 rings (SSSR count). The molecule has 0 radical (unpaired) electrons. The molecule has 2 nitrogen and oxygen atoms in total. The fraction of sp³-hybridized carbons (Fsp3) is 0.125. The number of hydrogen-bond acceptors (Lipinski definition) is 2. The Labute approximate surface area is 120 Å². The predicted molar refractivity (Wildman–Crippen MR) is 73.8 cm³/mol. The first-order valence-electron chi connectivity index (χ1n) is 6.25. The zero-order chi connectivity index (χ0) is 15.1. The SMILES string of the molecule is C#Cc1ccc(-c2ccc(C3(C(F)(F)F)NN3)cc2)cc1. The molecule has 1 aliphatic rings. The van der Waals surface area contributed by atoms with E-state index in [9.17, 15) is 13.2 Å². The highest BCUT2D eigenvalue weighted by molar-refractivity contribution is 5.65. The highest BCUT2D eigenvalue weighted by Gasteiger charge is 2.65. The van der Waals surface area contributed by atoms with Gasteiger partial charge in [-0.2, -0.15) is 13.2 Å². The topological polar surface area (TPSA) is 43.9 Å². The number of rotatable bonds is 2. The summed E-state index contributed by atoms with van der Waals surface area (Å²) in [6, 6.07) is 13.5. The van der Waals surface area contributed by atoms with E-state index in [-0.39, 0.29) is 5.56 Å². The first-order chi connectivity index (χ1) is 9.96. The molecule has 1 heterocycles. The highest BCUT2D eigenvalue weighted by atomic mass is 19.4. The van der Waals surface area contributed by atoms with Crippen molar-refractivity contribution in [3.8, 4) is 23.5 Å². The van der Waals surface area contributed by atoms with E-state index in [1.54, 1.807) is 24.3 Å². The zero-order valence-corrected chi connectivity index (χ0v) is 10.8. The van der Waals surface area contributed by atoms with Crippen LogP contribution in [0.3, 0.4) is 0 Å². The fourth-order valence-electron chi connectivity index (χ4n) is 2.18. The van der Waals surface area contributed by atoms with Crippen molar-refractivity contribution in [1.29, 1.82) is 0 Å². The van der Waals surface area contributed by atoms with Crippen LogP contribution in [0.1, 0.15) is 11.1 Å². The summed E-state index contributed by atoms with van der Waals surface area (Å²) in [7, 11) is 0. The number of halogens is 3. The van der Waals surface area contributed by atoms with Gasteiger partial charge in [-0.15, -0.1) is 6.42 Å². The van der Waals surface area contributed by atoms with Crippen LogP contribution in [0.4, 0.5) is 13.2 Å². The molecule has 2 N–H and O–H groups in total. The van der Waals surface area contributed by atoms with E-state index in [1.807, 2.05) is 12.1 Å². The van der Waals surface area contributed by atoms with Crippen molar-refractivity contribution in [2.45, 2.75) is 11.8 Å². The Morgan fingerprint density at radius 1 is 0.857 bits per heavy atom. The van der Waals surface area contributed by atoms with Crippen LogP contribution in [0.5, 0.6) is 0 Å². The van der Waals surface area contributed by atoms with Gasteiger partial charge >= 0.3 is 6.18 Å². The van der Waals surface area contributed by atoms with Gasteiger partial charge in [0.1, 0.15) is 0 Å². The molecule has 0 saturated carbocycles.